The highest BCUT2D eigenvalue weighted by molar-refractivity contribution is 5.84. The van der Waals surface area contributed by atoms with Crippen molar-refractivity contribution in [2.45, 2.75) is 33.0 Å². The maximum Gasteiger partial charge on any atom is 0.438 e. The van der Waals surface area contributed by atoms with Gasteiger partial charge < -0.3 is 9.80 Å². The summed E-state index contributed by atoms with van der Waals surface area (Å²) >= 11 is 0. The van der Waals surface area contributed by atoms with Crippen LogP contribution >= 0.6 is 0 Å². The van der Waals surface area contributed by atoms with Crippen LogP contribution in [0.15, 0.2) is 41.2 Å². The van der Waals surface area contributed by atoms with E-state index in [1.54, 1.807) is 32.0 Å². The molecule has 34 heavy (non-hydrogen) atoms. The Morgan fingerprint density at radius 3 is 2.18 bits per heavy atom. The molecule has 0 aliphatic carbocycles. The lowest BCUT2D eigenvalue weighted by Gasteiger charge is -2.37. The van der Waals surface area contributed by atoms with Gasteiger partial charge in [0.2, 0.25) is 11.6 Å². The molecule has 0 N–H and O–H groups in total. The van der Waals surface area contributed by atoms with Gasteiger partial charge in [0.1, 0.15) is 11.9 Å². The van der Waals surface area contributed by atoms with Crippen molar-refractivity contribution in [3.8, 4) is 0 Å². The van der Waals surface area contributed by atoms with Gasteiger partial charge in [-0.3, -0.25) is 14.2 Å². The number of piperazine rings is 1. The fraction of sp³-hybridized carbons (Fsp3) is 0.375. The van der Waals surface area contributed by atoms with Crippen molar-refractivity contribution in [1.29, 1.82) is 0 Å². The maximum atomic E-state index is 13.6. The lowest BCUT2D eigenvalue weighted by molar-refractivity contribution is -0.143. The largest absolute Gasteiger partial charge is 0.438 e. The van der Waals surface area contributed by atoms with Crippen LogP contribution in [0.25, 0.3) is 11.0 Å². The smallest absolute Gasteiger partial charge is 0.368 e. The van der Waals surface area contributed by atoms with Crippen LogP contribution in [0.5, 0.6) is 0 Å². The summed E-state index contributed by atoms with van der Waals surface area (Å²) in [5.74, 6) is -0.787. The summed E-state index contributed by atoms with van der Waals surface area (Å²) in [5.41, 5.74) is -0.358. The molecule has 2 aromatic carbocycles. The third kappa shape index (κ3) is 4.36. The maximum absolute atomic E-state index is 13.6. The number of carbonyl (C=O) groups is 1. The normalized spacial score (nSPS) is 15.6. The molecule has 2 heterocycles. The van der Waals surface area contributed by atoms with Gasteiger partial charge in [0, 0.05) is 31.9 Å². The Bertz CT molecular complexity index is 1290. The monoisotopic (exact) mass is 476 g/mol. The Kier molecular flexibility index (Phi) is 6.09. The first-order valence-corrected chi connectivity index (χ1v) is 10.9. The predicted molar refractivity (Wildman–Crippen MR) is 120 cm³/mol. The van der Waals surface area contributed by atoms with E-state index in [2.05, 4.69) is 4.98 Å². The molecule has 1 atom stereocenters. The van der Waals surface area contributed by atoms with E-state index in [1.807, 2.05) is 4.90 Å². The summed E-state index contributed by atoms with van der Waals surface area (Å²) < 4.78 is 54.9. The van der Waals surface area contributed by atoms with E-state index in [0.717, 1.165) is 21.4 Å². The van der Waals surface area contributed by atoms with Crippen molar-refractivity contribution in [2.24, 2.45) is 0 Å². The van der Waals surface area contributed by atoms with Crippen molar-refractivity contribution in [1.82, 2.24) is 14.5 Å². The van der Waals surface area contributed by atoms with Gasteiger partial charge in [-0.25, -0.2) is 9.37 Å². The summed E-state index contributed by atoms with van der Waals surface area (Å²) in [7, 11) is 0. The van der Waals surface area contributed by atoms with E-state index >= 15 is 0 Å². The molecule has 0 bridgehead atoms. The van der Waals surface area contributed by atoms with Gasteiger partial charge in [0.15, 0.2) is 0 Å². The van der Waals surface area contributed by atoms with Crippen LogP contribution in [0.4, 0.5) is 23.2 Å². The third-order valence-corrected chi connectivity index (χ3v) is 6.30. The number of alkyl halides is 3. The second-order valence-corrected chi connectivity index (χ2v) is 8.52. The quantitative estimate of drug-likeness (QED) is 0.535. The molecule has 1 aliphatic heterocycles. The molecule has 1 saturated heterocycles. The molecule has 1 amide bonds. The van der Waals surface area contributed by atoms with Crippen LogP contribution in [-0.4, -0.2) is 46.5 Å². The minimum absolute atomic E-state index is 0.0100. The number of fused-ring (bicyclic) bond motifs is 1. The number of amides is 1. The van der Waals surface area contributed by atoms with Crippen molar-refractivity contribution >= 4 is 22.6 Å². The summed E-state index contributed by atoms with van der Waals surface area (Å²) in [6.45, 7) is 6.55. The number of aryl methyl sites for hydroxylation is 2. The zero-order valence-corrected chi connectivity index (χ0v) is 19.0. The minimum atomic E-state index is -4.95. The molecule has 0 radical (unpaired) electrons. The number of anilines is 1. The molecule has 0 saturated carbocycles. The average Bonchev–Trinajstić information content (AvgIpc) is 2.79. The SMILES string of the molecule is Cc1cc2nc(C(F)(F)F)c(=O)n([C@H](C)C(=O)N3CCN(c4ccc(F)cc4)CC3)c2cc1C. The van der Waals surface area contributed by atoms with Gasteiger partial charge in [0.05, 0.1) is 11.0 Å². The van der Waals surface area contributed by atoms with Crippen molar-refractivity contribution in [3.63, 3.8) is 0 Å². The summed E-state index contributed by atoms with van der Waals surface area (Å²) in [4.78, 5) is 33.3. The zero-order valence-electron chi connectivity index (χ0n) is 19.0. The Hall–Kier alpha value is -3.43. The molecule has 10 heteroatoms. The van der Waals surface area contributed by atoms with E-state index in [4.69, 9.17) is 0 Å². The number of rotatable bonds is 3. The molecule has 180 valence electrons. The first-order chi connectivity index (χ1) is 16.0. The van der Waals surface area contributed by atoms with Gasteiger partial charge in [0.25, 0.3) is 5.56 Å². The van der Waals surface area contributed by atoms with Gasteiger partial charge in [-0.2, -0.15) is 13.2 Å². The zero-order chi connectivity index (χ0) is 24.8. The Labute approximate surface area is 193 Å². The molecule has 6 nitrogen and oxygen atoms in total. The molecule has 1 aliphatic rings. The number of nitrogens with zero attached hydrogens (tertiary/aromatic N) is 4. The van der Waals surface area contributed by atoms with Crippen LogP contribution in [-0.2, 0) is 11.0 Å². The number of benzene rings is 2. The van der Waals surface area contributed by atoms with Crippen molar-refractivity contribution in [3.05, 3.63) is 69.4 Å². The second kappa shape index (κ2) is 8.73. The van der Waals surface area contributed by atoms with Crippen LogP contribution in [0.2, 0.25) is 0 Å². The average molecular weight is 476 g/mol. The minimum Gasteiger partial charge on any atom is -0.368 e. The first kappa shape index (κ1) is 23.7. The molecule has 0 unspecified atom stereocenters. The van der Waals surface area contributed by atoms with Crippen molar-refractivity contribution in [2.75, 3.05) is 31.1 Å². The first-order valence-electron chi connectivity index (χ1n) is 10.9. The van der Waals surface area contributed by atoms with Crippen LogP contribution < -0.4 is 10.5 Å². The molecular weight excluding hydrogens is 452 g/mol. The molecule has 4 rings (SSSR count). The molecular formula is C24H24F4N4O2. The van der Waals surface area contributed by atoms with E-state index in [1.165, 1.54) is 30.0 Å². The van der Waals surface area contributed by atoms with Crippen molar-refractivity contribution < 1.29 is 22.4 Å². The fourth-order valence-electron chi connectivity index (χ4n) is 4.24. The molecule has 3 aromatic rings. The summed E-state index contributed by atoms with van der Waals surface area (Å²) in [6.07, 6.45) is -4.95. The third-order valence-electron chi connectivity index (χ3n) is 6.30. The number of aromatic nitrogens is 2. The number of halogens is 4. The second-order valence-electron chi connectivity index (χ2n) is 8.52. The highest BCUT2D eigenvalue weighted by Gasteiger charge is 2.39. The highest BCUT2D eigenvalue weighted by Crippen LogP contribution is 2.29. The van der Waals surface area contributed by atoms with Gasteiger partial charge >= 0.3 is 6.18 Å². The van der Waals surface area contributed by atoms with E-state index in [0.29, 0.717) is 26.2 Å². The summed E-state index contributed by atoms with van der Waals surface area (Å²) in [6, 6.07) is 7.96. The highest BCUT2D eigenvalue weighted by atomic mass is 19.4. The van der Waals surface area contributed by atoms with E-state index in [9.17, 15) is 27.2 Å². The number of hydrogen-bond acceptors (Lipinski definition) is 4. The molecule has 1 fully saturated rings. The van der Waals surface area contributed by atoms with Gasteiger partial charge in [-0.1, -0.05) is 0 Å². The lowest BCUT2D eigenvalue weighted by Crippen LogP contribution is -2.51. The summed E-state index contributed by atoms with van der Waals surface area (Å²) in [5, 5.41) is 0. The fourth-order valence-corrected chi connectivity index (χ4v) is 4.24. The van der Waals surface area contributed by atoms with E-state index in [-0.39, 0.29) is 16.9 Å². The van der Waals surface area contributed by atoms with Gasteiger partial charge in [-0.05, 0) is 68.3 Å². The molecule has 1 aromatic heterocycles. The van der Waals surface area contributed by atoms with Gasteiger partial charge in [-0.15, -0.1) is 0 Å². The number of hydrogen-bond donors (Lipinski definition) is 0. The standard InChI is InChI=1S/C24H24F4N4O2/c1-14-12-19-20(13-15(14)2)32(23(34)21(29-19)24(26,27)28)16(3)22(33)31-10-8-30(9-11-31)18-6-4-17(25)5-7-18/h4-7,12-13,16H,8-11H2,1-3H3/t16-/m1/s1. The topological polar surface area (TPSA) is 58.4 Å². The number of carbonyl (C=O) groups excluding carboxylic acids is 1. The molecule has 0 spiro atoms. The Balaban J connectivity index is 1.66. The van der Waals surface area contributed by atoms with E-state index < -0.39 is 29.4 Å². The lowest BCUT2D eigenvalue weighted by atomic mass is 10.1. The van der Waals surface area contributed by atoms with Crippen LogP contribution in [0, 0.1) is 19.7 Å². The van der Waals surface area contributed by atoms with Crippen LogP contribution in [0.3, 0.4) is 0 Å². The predicted octanol–water partition coefficient (Wildman–Crippen LogP) is 4.08. The Morgan fingerprint density at radius 2 is 1.59 bits per heavy atom. The van der Waals surface area contributed by atoms with Crippen LogP contribution in [0.1, 0.15) is 29.8 Å². The Morgan fingerprint density at radius 1 is 1.00 bits per heavy atom.